The van der Waals surface area contributed by atoms with Gasteiger partial charge in [0.2, 0.25) is 11.8 Å². The molecule has 1 atom stereocenters. The summed E-state index contributed by atoms with van der Waals surface area (Å²) in [6, 6.07) is -0.602. The number of carbonyl (C=O) groups is 2. The fourth-order valence-corrected chi connectivity index (χ4v) is 1.49. The van der Waals surface area contributed by atoms with Crippen molar-refractivity contribution in [1.29, 1.82) is 0 Å². The number of hydrogen-bond acceptors (Lipinski definition) is 5. The molecule has 0 fully saturated rings. The Morgan fingerprint density at radius 2 is 2.32 bits per heavy atom. The van der Waals surface area contributed by atoms with E-state index in [2.05, 4.69) is 10.4 Å². The molecule has 8 nitrogen and oxygen atoms in total. The number of carbonyl (C=O) groups excluding carboxylic acids is 2. The molecule has 1 aromatic rings. The average Bonchev–Trinajstić information content (AvgIpc) is 2.75. The third-order valence-electron chi connectivity index (χ3n) is 2.42. The molecule has 5 N–H and O–H groups in total. The molecule has 8 heteroatoms. The molecular formula is C11H19N5O3. The number of nitrogens with one attached hydrogen (secondary N) is 1. The highest BCUT2D eigenvalue weighted by Gasteiger charge is 2.14. The van der Waals surface area contributed by atoms with Gasteiger partial charge in [-0.05, 0) is 12.8 Å². The molecule has 0 spiro atoms. The molecule has 0 radical (unpaired) electrons. The molecule has 0 aliphatic rings. The average molecular weight is 269 g/mol. The van der Waals surface area contributed by atoms with Gasteiger partial charge >= 0.3 is 0 Å². The lowest BCUT2D eigenvalue weighted by Crippen LogP contribution is -2.35. The summed E-state index contributed by atoms with van der Waals surface area (Å²) in [5.74, 6) is -0.799. The maximum Gasteiger partial charge on any atom is 0.241 e. The molecule has 0 bridgehead atoms. The molecule has 2 amide bonds. The Bertz CT molecular complexity index is 432. The summed E-state index contributed by atoms with van der Waals surface area (Å²) in [6.45, 7) is 0.535. The lowest BCUT2D eigenvalue weighted by molar-refractivity contribution is -0.119. The van der Waals surface area contributed by atoms with Gasteiger partial charge in [-0.3, -0.25) is 14.3 Å². The van der Waals surface area contributed by atoms with Crippen LogP contribution in [0.2, 0.25) is 0 Å². The zero-order valence-electron chi connectivity index (χ0n) is 10.8. The fourth-order valence-electron chi connectivity index (χ4n) is 1.49. The van der Waals surface area contributed by atoms with Crippen LogP contribution in [0.4, 0.5) is 5.69 Å². The second kappa shape index (κ2) is 7.49. The largest absolute Gasteiger partial charge is 0.385 e. The predicted octanol–water partition coefficient (Wildman–Crippen LogP) is -0.939. The van der Waals surface area contributed by atoms with Crippen molar-refractivity contribution in [1.82, 2.24) is 9.78 Å². The van der Waals surface area contributed by atoms with Gasteiger partial charge in [-0.1, -0.05) is 0 Å². The highest BCUT2D eigenvalue weighted by molar-refractivity contribution is 5.94. The maximum absolute atomic E-state index is 11.7. The zero-order chi connectivity index (χ0) is 14.3. The Morgan fingerprint density at radius 3 is 2.95 bits per heavy atom. The summed E-state index contributed by atoms with van der Waals surface area (Å²) in [5, 5.41) is 6.51. The number of rotatable bonds is 8. The van der Waals surface area contributed by atoms with Crippen LogP contribution in [0.5, 0.6) is 0 Å². The Hall–Kier alpha value is -1.93. The van der Waals surface area contributed by atoms with Crippen molar-refractivity contribution in [3.05, 3.63) is 12.4 Å². The number of hydrogen-bond donors (Lipinski definition) is 3. The zero-order valence-corrected chi connectivity index (χ0v) is 10.8. The molecule has 0 saturated carbocycles. The summed E-state index contributed by atoms with van der Waals surface area (Å²) >= 11 is 0. The number of primary amides is 1. The molecule has 0 aromatic carbocycles. The minimum absolute atomic E-state index is 0.0320. The number of nitrogens with zero attached hydrogens (tertiary/aromatic N) is 2. The van der Waals surface area contributed by atoms with E-state index in [0.717, 1.165) is 0 Å². The van der Waals surface area contributed by atoms with E-state index < -0.39 is 11.9 Å². The number of nitrogens with two attached hydrogens (primary N) is 2. The van der Waals surface area contributed by atoms with E-state index in [4.69, 9.17) is 16.2 Å². The minimum Gasteiger partial charge on any atom is -0.385 e. The van der Waals surface area contributed by atoms with E-state index in [-0.39, 0.29) is 12.5 Å². The molecule has 0 saturated heterocycles. The first-order valence-electron chi connectivity index (χ1n) is 5.89. The molecular weight excluding hydrogens is 250 g/mol. The van der Waals surface area contributed by atoms with Crippen molar-refractivity contribution < 1.29 is 14.3 Å². The molecule has 1 heterocycles. The highest BCUT2D eigenvalue weighted by atomic mass is 16.5. The van der Waals surface area contributed by atoms with E-state index in [1.54, 1.807) is 7.11 Å². The molecule has 0 aliphatic carbocycles. The van der Waals surface area contributed by atoms with Crippen LogP contribution in [0, 0.1) is 0 Å². The van der Waals surface area contributed by atoms with Crippen molar-refractivity contribution in [2.75, 3.05) is 19.0 Å². The normalized spacial score (nSPS) is 12.1. The van der Waals surface area contributed by atoms with Crippen molar-refractivity contribution in [2.45, 2.75) is 25.4 Å². The highest BCUT2D eigenvalue weighted by Crippen LogP contribution is 2.06. The maximum atomic E-state index is 11.7. The summed E-state index contributed by atoms with van der Waals surface area (Å²) in [4.78, 5) is 22.4. The summed E-state index contributed by atoms with van der Waals surface area (Å²) in [6.07, 6.45) is 4.20. The van der Waals surface area contributed by atoms with E-state index in [9.17, 15) is 9.59 Å². The summed E-state index contributed by atoms with van der Waals surface area (Å²) in [5.41, 5.74) is 11.2. The van der Waals surface area contributed by atoms with Gasteiger partial charge in [0.05, 0.1) is 17.9 Å². The lowest BCUT2D eigenvalue weighted by Gasteiger charge is -2.10. The lowest BCUT2D eigenvalue weighted by atomic mass is 10.1. The second-order valence-corrected chi connectivity index (χ2v) is 4.12. The minimum atomic E-state index is -0.602. The van der Waals surface area contributed by atoms with Gasteiger partial charge in [-0.25, -0.2) is 0 Å². The number of anilines is 1. The summed E-state index contributed by atoms with van der Waals surface area (Å²) in [7, 11) is 1.60. The van der Waals surface area contributed by atoms with Crippen LogP contribution in [0.3, 0.4) is 0 Å². The third kappa shape index (κ3) is 5.49. The van der Waals surface area contributed by atoms with E-state index in [0.29, 0.717) is 25.1 Å². The first kappa shape index (κ1) is 15.1. The Morgan fingerprint density at radius 1 is 1.58 bits per heavy atom. The van der Waals surface area contributed by atoms with E-state index in [1.165, 1.54) is 17.1 Å². The first-order valence-corrected chi connectivity index (χ1v) is 5.89. The summed E-state index contributed by atoms with van der Waals surface area (Å²) < 4.78 is 6.23. The van der Waals surface area contributed by atoms with Gasteiger partial charge in [0.25, 0.3) is 0 Å². The number of aromatic nitrogens is 2. The van der Waals surface area contributed by atoms with Crippen LogP contribution < -0.4 is 16.8 Å². The van der Waals surface area contributed by atoms with E-state index >= 15 is 0 Å². The Labute approximate surface area is 111 Å². The standard InChI is InChI=1S/C11H19N5O3/c1-19-4-2-3-9(12)11(18)15-8-5-14-16(6-8)7-10(13)17/h5-6,9H,2-4,7,12H2,1H3,(H2,13,17)(H,15,18). The SMILES string of the molecule is COCCCC(N)C(=O)Nc1cnn(CC(N)=O)c1. The monoisotopic (exact) mass is 269 g/mol. The molecule has 1 rings (SSSR count). The van der Waals surface area contributed by atoms with Crippen LogP contribution in [0.15, 0.2) is 12.4 Å². The van der Waals surface area contributed by atoms with Crippen molar-refractivity contribution in [2.24, 2.45) is 11.5 Å². The number of amides is 2. The van der Waals surface area contributed by atoms with Crippen molar-refractivity contribution in [3.63, 3.8) is 0 Å². The van der Waals surface area contributed by atoms with Crippen molar-refractivity contribution >= 4 is 17.5 Å². The Balaban J connectivity index is 2.43. The molecule has 0 aliphatic heterocycles. The van der Waals surface area contributed by atoms with Crippen LogP contribution in [-0.2, 0) is 20.9 Å². The van der Waals surface area contributed by atoms with Gasteiger partial charge in [0, 0.05) is 19.9 Å². The van der Waals surface area contributed by atoms with Gasteiger partial charge in [-0.15, -0.1) is 0 Å². The molecule has 1 aromatic heterocycles. The van der Waals surface area contributed by atoms with Crippen LogP contribution in [0.1, 0.15) is 12.8 Å². The Kier molecular flexibility index (Phi) is 5.97. The molecule has 19 heavy (non-hydrogen) atoms. The van der Waals surface area contributed by atoms with Crippen molar-refractivity contribution in [3.8, 4) is 0 Å². The topological polar surface area (TPSA) is 125 Å². The fraction of sp³-hybridized carbons (Fsp3) is 0.545. The van der Waals surface area contributed by atoms with Gasteiger partial charge in [0.1, 0.15) is 6.54 Å². The smallest absolute Gasteiger partial charge is 0.241 e. The predicted molar refractivity (Wildman–Crippen MR) is 69.1 cm³/mol. The number of methoxy groups -OCH3 is 1. The number of ether oxygens (including phenoxy) is 1. The van der Waals surface area contributed by atoms with Crippen LogP contribution in [-0.4, -0.2) is 41.4 Å². The van der Waals surface area contributed by atoms with Gasteiger partial charge in [-0.2, -0.15) is 5.10 Å². The molecule has 106 valence electrons. The van der Waals surface area contributed by atoms with Gasteiger partial charge < -0.3 is 21.5 Å². The van der Waals surface area contributed by atoms with Crippen LogP contribution >= 0.6 is 0 Å². The van der Waals surface area contributed by atoms with Crippen LogP contribution in [0.25, 0.3) is 0 Å². The third-order valence-corrected chi connectivity index (χ3v) is 2.42. The van der Waals surface area contributed by atoms with E-state index in [1.807, 2.05) is 0 Å². The van der Waals surface area contributed by atoms with Gasteiger partial charge in [0.15, 0.2) is 0 Å². The first-order chi connectivity index (χ1) is 9.02. The quantitative estimate of drug-likeness (QED) is 0.525. The molecule has 1 unspecified atom stereocenters. The second-order valence-electron chi connectivity index (χ2n) is 4.12.